The molecule has 0 radical (unpaired) electrons. The van der Waals surface area contributed by atoms with E-state index in [0.29, 0.717) is 23.6 Å². The molecule has 2 aliphatic heterocycles. The van der Waals surface area contributed by atoms with E-state index in [1.807, 2.05) is 18.2 Å². The summed E-state index contributed by atoms with van der Waals surface area (Å²) >= 11 is 0. The fraction of sp³-hybridized carbons (Fsp3) is 0.464. The van der Waals surface area contributed by atoms with Gasteiger partial charge in [0.15, 0.2) is 0 Å². The van der Waals surface area contributed by atoms with E-state index in [2.05, 4.69) is 46.6 Å². The molecule has 2 saturated heterocycles. The Bertz CT molecular complexity index is 1140. The quantitative estimate of drug-likeness (QED) is 0.248. The molecule has 2 aliphatic rings. The Morgan fingerprint density at radius 1 is 0.857 bits per heavy atom. The summed E-state index contributed by atoms with van der Waals surface area (Å²) in [5.74, 6) is -5.28. The second kappa shape index (κ2) is 15.5. The van der Waals surface area contributed by atoms with Gasteiger partial charge in [-0.05, 0) is 74.4 Å². The van der Waals surface area contributed by atoms with Crippen LogP contribution in [0.4, 0.5) is 26.3 Å². The van der Waals surface area contributed by atoms with Crippen LogP contribution in [0.1, 0.15) is 59.5 Å². The first-order valence-corrected chi connectivity index (χ1v) is 13.1. The standard InChI is InChI=1S/C24H31N3O.2C2HF3O2/c25-24(28)20-9-4-8-19(14-20)21-15-22-10-11-23(16-21)27(22)13-5-12-26-17-18-6-2-1-3-7-18;2*3-2(4,5)1(6)7/h1-4,6-9,14,21-23,26H,5,10-13,15-17H2,(H2,25,28);2*(H,6,7). The zero-order chi connectivity index (χ0) is 31.5. The average Bonchev–Trinajstić information content (AvgIpc) is 3.15. The molecule has 0 aromatic heterocycles. The molecule has 2 aromatic carbocycles. The third-order valence-corrected chi connectivity index (χ3v) is 6.95. The summed E-state index contributed by atoms with van der Waals surface area (Å²) in [4.78, 5) is 32.0. The minimum Gasteiger partial charge on any atom is -0.475 e. The lowest BCUT2D eigenvalue weighted by Gasteiger charge is -2.39. The van der Waals surface area contributed by atoms with Crippen molar-refractivity contribution in [2.24, 2.45) is 5.73 Å². The second-order valence-corrected chi connectivity index (χ2v) is 9.90. The van der Waals surface area contributed by atoms with Crippen LogP contribution >= 0.6 is 0 Å². The predicted octanol–water partition coefficient (Wildman–Crippen LogP) is 4.94. The third-order valence-electron chi connectivity index (χ3n) is 6.95. The summed E-state index contributed by atoms with van der Waals surface area (Å²) < 4.78 is 63.5. The van der Waals surface area contributed by atoms with Crippen molar-refractivity contribution in [3.63, 3.8) is 0 Å². The molecule has 42 heavy (non-hydrogen) atoms. The fourth-order valence-electron chi connectivity index (χ4n) is 5.07. The topological polar surface area (TPSA) is 133 Å². The summed E-state index contributed by atoms with van der Waals surface area (Å²) in [6.07, 6.45) is -3.93. The molecule has 0 aliphatic carbocycles. The van der Waals surface area contributed by atoms with Gasteiger partial charge < -0.3 is 21.3 Å². The van der Waals surface area contributed by atoms with Crippen LogP contribution < -0.4 is 11.1 Å². The molecule has 1 amide bonds. The number of amides is 1. The monoisotopic (exact) mass is 605 g/mol. The van der Waals surface area contributed by atoms with Gasteiger partial charge in [0.25, 0.3) is 0 Å². The van der Waals surface area contributed by atoms with Crippen LogP contribution in [0.5, 0.6) is 0 Å². The number of piperidine rings is 1. The molecule has 5 N–H and O–H groups in total. The molecule has 2 atom stereocenters. The van der Waals surface area contributed by atoms with E-state index >= 15 is 0 Å². The number of hydrogen-bond donors (Lipinski definition) is 4. The summed E-state index contributed by atoms with van der Waals surface area (Å²) in [5, 5.41) is 17.8. The van der Waals surface area contributed by atoms with Gasteiger partial charge in [-0.3, -0.25) is 9.69 Å². The summed E-state index contributed by atoms with van der Waals surface area (Å²) in [6.45, 7) is 3.20. The third kappa shape index (κ3) is 11.3. The molecule has 2 heterocycles. The van der Waals surface area contributed by atoms with E-state index in [9.17, 15) is 31.1 Å². The fourth-order valence-corrected chi connectivity index (χ4v) is 5.07. The second-order valence-electron chi connectivity index (χ2n) is 9.90. The number of nitrogens with one attached hydrogen (secondary N) is 1. The lowest BCUT2D eigenvalue weighted by Crippen LogP contribution is -2.43. The minimum atomic E-state index is -5.08. The molecule has 2 bridgehead atoms. The Balaban J connectivity index is 0.000000367. The van der Waals surface area contributed by atoms with Crippen LogP contribution in [0.15, 0.2) is 54.6 Å². The Hall–Kier alpha value is -3.65. The largest absolute Gasteiger partial charge is 0.490 e. The number of rotatable bonds is 8. The molecule has 0 saturated carbocycles. The number of nitrogens with zero attached hydrogens (tertiary/aromatic N) is 1. The molecular formula is C28H33F6N3O5. The Morgan fingerprint density at radius 3 is 1.86 bits per heavy atom. The number of aliphatic carboxylic acids is 2. The first-order chi connectivity index (χ1) is 19.6. The maximum Gasteiger partial charge on any atom is 0.490 e. The summed E-state index contributed by atoms with van der Waals surface area (Å²) in [6, 6.07) is 19.9. The van der Waals surface area contributed by atoms with Gasteiger partial charge in [-0.2, -0.15) is 26.3 Å². The maximum atomic E-state index is 11.5. The average molecular weight is 606 g/mol. The number of carbonyl (C=O) groups excluding carboxylic acids is 1. The van der Waals surface area contributed by atoms with Gasteiger partial charge in [0, 0.05) is 24.2 Å². The molecule has 14 heteroatoms. The summed E-state index contributed by atoms with van der Waals surface area (Å²) in [7, 11) is 0. The van der Waals surface area contributed by atoms with Crippen molar-refractivity contribution in [3.05, 3.63) is 71.3 Å². The van der Waals surface area contributed by atoms with Crippen LogP contribution in [0.2, 0.25) is 0 Å². The first-order valence-electron chi connectivity index (χ1n) is 13.1. The Kier molecular flexibility index (Phi) is 12.8. The highest BCUT2D eigenvalue weighted by atomic mass is 19.4. The summed E-state index contributed by atoms with van der Waals surface area (Å²) in [5.41, 5.74) is 8.74. The van der Waals surface area contributed by atoms with Crippen molar-refractivity contribution in [2.45, 2.75) is 69.0 Å². The number of alkyl halides is 6. The van der Waals surface area contributed by atoms with Crippen molar-refractivity contribution >= 4 is 17.8 Å². The van der Waals surface area contributed by atoms with Crippen LogP contribution in [0.25, 0.3) is 0 Å². The highest BCUT2D eigenvalue weighted by Crippen LogP contribution is 2.43. The number of carboxylic acids is 2. The zero-order valence-electron chi connectivity index (χ0n) is 22.5. The normalized spacial score (nSPS) is 20.0. The van der Waals surface area contributed by atoms with Crippen molar-refractivity contribution in [2.75, 3.05) is 13.1 Å². The maximum absolute atomic E-state index is 11.5. The zero-order valence-corrected chi connectivity index (χ0v) is 22.5. The van der Waals surface area contributed by atoms with Gasteiger partial charge >= 0.3 is 24.3 Å². The Labute approximate surface area is 238 Å². The number of primary amides is 1. The molecule has 4 rings (SSSR count). The number of halogens is 6. The lowest BCUT2D eigenvalue weighted by molar-refractivity contribution is -0.193. The van der Waals surface area contributed by atoms with E-state index in [1.54, 1.807) is 0 Å². The molecule has 8 nitrogen and oxygen atoms in total. The van der Waals surface area contributed by atoms with E-state index in [-0.39, 0.29) is 5.91 Å². The molecule has 2 unspecified atom stereocenters. The highest BCUT2D eigenvalue weighted by molar-refractivity contribution is 5.92. The van der Waals surface area contributed by atoms with Crippen LogP contribution in [0, 0.1) is 0 Å². The van der Waals surface area contributed by atoms with Gasteiger partial charge in [-0.1, -0.05) is 42.5 Å². The van der Waals surface area contributed by atoms with E-state index in [4.69, 9.17) is 25.5 Å². The highest BCUT2D eigenvalue weighted by Gasteiger charge is 2.41. The molecule has 232 valence electrons. The molecule has 0 spiro atoms. The van der Waals surface area contributed by atoms with Gasteiger partial charge in [-0.25, -0.2) is 9.59 Å². The Morgan fingerprint density at radius 2 is 1.38 bits per heavy atom. The SMILES string of the molecule is NC(=O)c1cccc(C2CC3CCC(C2)N3CCCNCc2ccccc2)c1.O=C(O)C(F)(F)F.O=C(O)C(F)(F)F. The van der Waals surface area contributed by atoms with E-state index in [1.165, 1.54) is 49.8 Å². The molecule has 2 aromatic rings. The minimum absolute atomic E-state index is 0.328. The number of fused-ring (bicyclic) bond motifs is 2. The van der Waals surface area contributed by atoms with Gasteiger partial charge in [0.05, 0.1) is 0 Å². The van der Waals surface area contributed by atoms with Crippen LogP contribution in [-0.4, -0.2) is 70.5 Å². The number of carbonyl (C=O) groups is 3. The number of benzene rings is 2. The van der Waals surface area contributed by atoms with Crippen LogP contribution in [0.3, 0.4) is 0 Å². The van der Waals surface area contributed by atoms with Crippen LogP contribution in [-0.2, 0) is 16.1 Å². The first kappa shape index (κ1) is 34.6. The number of carboxylic acid groups (broad SMARTS) is 2. The lowest BCUT2D eigenvalue weighted by atomic mass is 9.84. The van der Waals surface area contributed by atoms with E-state index < -0.39 is 24.3 Å². The van der Waals surface area contributed by atoms with Gasteiger partial charge in [0.1, 0.15) is 0 Å². The van der Waals surface area contributed by atoms with E-state index in [0.717, 1.165) is 13.1 Å². The number of nitrogens with two attached hydrogens (primary N) is 1. The van der Waals surface area contributed by atoms with Crippen molar-refractivity contribution in [3.8, 4) is 0 Å². The van der Waals surface area contributed by atoms with Gasteiger partial charge in [-0.15, -0.1) is 0 Å². The molecule has 2 fully saturated rings. The number of hydrogen-bond acceptors (Lipinski definition) is 5. The predicted molar refractivity (Wildman–Crippen MR) is 141 cm³/mol. The molecular weight excluding hydrogens is 572 g/mol. The van der Waals surface area contributed by atoms with Crippen molar-refractivity contribution < 1.29 is 50.9 Å². The van der Waals surface area contributed by atoms with Gasteiger partial charge in [0.2, 0.25) is 5.91 Å². The smallest absolute Gasteiger partial charge is 0.475 e. The van der Waals surface area contributed by atoms with Crippen molar-refractivity contribution in [1.82, 2.24) is 10.2 Å². The van der Waals surface area contributed by atoms with Crippen molar-refractivity contribution in [1.29, 1.82) is 0 Å².